The van der Waals surface area contributed by atoms with Gasteiger partial charge in [0.05, 0.1) is 0 Å². The van der Waals surface area contributed by atoms with Gasteiger partial charge in [0.15, 0.2) is 0 Å². The normalized spacial score (nSPS) is 11.4. The van der Waals surface area contributed by atoms with E-state index in [0.717, 1.165) is 9.75 Å². The van der Waals surface area contributed by atoms with Crippen LogP contribution in [0.5, 0.6) is 0 Å². The Balaban J connectivity index is 2.33. The standard InChI is InChI=1S/C13H17N3O2S2/c1-9-8-11(10(2)19-9)20(17,18)15-12-6-5-7-13(14-12)16(3)4/h5-8H,1-4H3,(H,14,15). The molecular formula is C13H17N3O2S2. The number of nitrogens with one attached hydrogen (secondary N) is 1. The van der Waals surface area contributed by atoms with Gasteiger partial charge in [0.1, 0.15) is 16.5 Å². The Morgan fingerprint density at radius 3 is 2.50 bits per heavy atom. The van der Waals surface area contributed by atoms with Crippen LogP contribution in [0.2, 0.25) is 0 Å². The maximum Gasteiger partial charge on any atom is 0.264 e. The summed E-state index contributed by atoms with van der Waals surface area (Å²) in [7, 11) is 0.122. The molecular weight excluding hydrogens is 294 g/mol. The molecule has 1 N–H and O–H groups in total. The highest BCUT2D eigenvalue weighted by Crippen LogP contribution is 2.26. The number of anilines is 2. The molecule has 0 fully saturated rings. The minimum absolute atomic E-state index is 0.317. The quantitative estimate of drug-likeness (QED) is 0.943. The number of rotatable bonds is 4. The number of aromatic nitrogens is 1. The van der Waals surface area contributed by atoms with Gasteiger partial charge in [-0.25, -0.2) is 13.4 Å². The van der Waals surface area contributed by atoms with E-state index in [0.29, 0.717) is 16.5 Å². The maximum atomic E-state index is 12.4. The van der Waals surface area contributed by atoms with Crippen molar-refractivity contribution < 1.29 is 8.42 Å². The van der Waals surface area contributed by atoms with Crippen LogP contribution in [0.3, 0.4) is 0 Å². The van der Waals surface area contributed by atoms with Crippen molar-refractivity contribution in [3.05, 3.63) is 34.0 Å². The molecule has 0 bridgehead atoms. The summed E-state index contributed by atoms with van der Waals surface area (Å²) < 4.78 is 27.2. The van der Waals surface area contributed by atoms with E-state index in [1.165, 1.54) is 11.3 Å². The molecule has 0 unspecified atom stereocenters. The first-order valence-corrected chi connectivity index (χ1v) is 8.34. The number of hydrogen-bond donors (Lipinski definition) is 1. The second-order valence-corrected chi connectivity index (χ2v) is 7.77. The first kappa shape index (κ1) is 14.8. The van der Waals surface area contributed by atoms with Crippen molar-refractivity contribution in [3.8, 4) is 0 Å². The van der Waals surface area contributed by atoms with E-state index in [-0.39, 0.29) is 0 Å². The molecule has 2 rings (SSSR count). The zero-order valence-electron chi connectivity index (χ0n) is 11.8. The van der Waals surface area contributed by atoms with Gasteiger partial charge in [0.25, 0.3) is 10.0 Å². The molecule has 0 radical (unpaired) electrons. The number of nitrogens with zero attached hydrogens (tertiary/aromatic N) is 2. The summed E-state index contributed by atoms with van der Waals surface area (Å²) in [6, 6.07) is 6.90. The van der Waals surface area contributed by atoms with Crippen molar-refractivity contribution in [1.29, 1.82) is 0 Å². The van der Waals surface area contributed by atoms with Crippen LogP contribution in [0.1, 0.15) is 9.75 Å². The third kappa shape index (κ3) is 3.10. The summed E-state index contributed by atoms with van der Waals surface area (Å²) in [6.45, 7) is 3.69. The van der Waals surface area contributed by atoms with E-state index in [1.807, 2.05) is 32.0 Å². The number of aryl methyl sites for hydroxylation is 2. The zero-order valence-corrected chi connectivity index (χ0v) is 13.5. The Labute approximate surface area is 123 Å². The lowest BCUT2D eigenvalue weighted by molar-refractivity contribution is 0.601. The Hall–Kier alpha value is -1.60. The van der Waals surface area contributed by atoms with Gasteiger partial charge < -0.3 is 4.90 Å². The van der Waals surface area contributed by atoms with Crippen LogP contribution in [-0.2, 0) is 10.0 Å². The van der Waals surface area contributed by atoms with Gasteiger partial charge in [-0.15, -0.1) is 11.3 Å². The Morgan fingerprint density at radius 1 is 1.25 bits per heavy atom. The van der Waals surface area contributed by atoms with Crippen LogP contribution in [0.15, 0.2) is 29.2 Å². The van der Waals surface area contributed by atoms with E-state index >= 15 is 0 Å². The third-order valence-corrected chi connectivity index (χ3v) is 5.29. The molecule has 0 aromatic carbocycles. The van der Waals surface area contributed by atoms with Crippen LogP contribution >= 0.6 is 11.3 Å². The number of pyridine rings is 1. The van der Waals surface area contributed by atoms with Gasteiger partial charge in [-0.05, 0) is 32.0 Å². The molecule has 0 spiro atoms. The van der Waals surface area contributed by atoms with E-state index in [4.69, 9.17) is 0 Å². The highest BCUT2D eigenvalue weighted by Gasteiger charge is 2.19. The summed E-state index contributed by atoms with van der Waals surface area (Å²) in [6.07, 6.45) is 0. The first-order valence-electron chi connectivity index (χ1n) is 6.04. The molecule has 2 heterocycles. The van der Waals surface area contributed by atoms with Crippen LogP contribution in [0.4, 0.5) is 11.6 Å². The van der Waals surface area contributed by atoms with Crippen LogP contribution in [0.25, 0.3) is 0 Å². The molecule has 0 atom stereocenters. The Morgan fingerprint density at radius 2 is 1.95 bits per heavy atom. The summed E-state index contributed by atoms with van der Waals surface area (Å²) in [5, 5.41) is 0. The zero-order chi connectivity index (χ0) is 14.9. The number of thiophene rings is 1. The van der Waals surface area contributed by atoms with Crippen molar-refractivity contribution in [2.45, 2.75) is 18.7 Å². The second kappa shape index (κ2) is 5.41. The predicted octanol–water partition coefficient (Wildman–Crippen LogP) is 2.63. The van der Waals surface area contributed by atoms with E-state index in [1.54, 1.807) is 25.1 Å². The Bertz CT molecular complexity index is 721. The van der Waals surface area contributed by atoms with Gasteiger partial charge >= 0.3 is 0 Å². The molecule has 0 aliphatic rings. The lowest BCUT2D eigenvalue weighted by Crippen LogP contribution is -2.16. The van der Waals surface area contributed by atoms with Crippen molar-refractivity contribution in [2.75, 3.05) is 23.7 Å². The fourth-order valence-corrected chi connectivity index (χ4v) is 4.35. The number of hydrogen-bond acceptors (Lipinski definition) is 5. The predicted molar refractivity (Wildman–Crippen MR) is 83.2 cm³/mol. The minimum Gasteiger partial charge on any atom is -0.363 e. The molecule has 108 valence electrons. The summed E-state index contributed by atoms with van der Waals surface area (Å²) in [5.41, 5.74) is 0. The smallest absolute Gasteiger partial charge is 0.264 e. The number of sulfonamides is 1. The van der Waals surface area contributed by atoms with E-state index < -0.39 is 10.0 Å². The summed E-state index contributed by atoms with van der Waals surface area (Å²) in [5.74, 6) is 1.02. The average Bonchev–Trinajstić information content (AvgIpc) is 2.69. The van der Waals surface area contributed by atoms with Crippen molar-refractivity contribution >= 4 is 33.0 Å². The maximum absolute atomic E-state index is 12.4. The van der Waals surface area contributed by atoms with Gasteiger partial charge in [0, 0.05) is 23.8 Å². The molecule has 20 heavy (non-hydrogen) atoms. The topological polar surface area (TPSA) is 62.3 Å². The van der Waals surface area contributed by atoms with Gasteiger partial charge in [-0.2, -0.15) is 0 Å². The molecule has 5 nitrogen and oxygen atoms in total. The molecule has 0 saturated heterocycles. The molecule has 0 aliphatic heterocycles. The molecule has 0 amide bonds. The van der Waals surface area contributed by atoms with Crippen molar-refractivity contribution in [3.63, 3.8) is 0 Å². The minimum atomic E-state index is -3.59. The third-order valence-electron chi connectivity index (χ3n) is 2.72. The Kier molecular flexibility index (Phi) is 4.01. The fraction of sp³-hybridized carbons (Fsp3) is 0.308. The lowest BCUT2D eigenvalue weighted by Gasteiger charge is -2.13. The van der Waals surface area contributed by atoms with Crippen LogP contribution in [-0.4, -0.2) is 27.5 Å². The highest BCUT2D eigenvalue weighted by atomic mass is 32.2. The van der Waals surface area contributed by atoms with Gasteiger partial charge in [-0.1, -0.05) is 6.07 Å². The van der Waals surface area contributed by atoms with Crippen molar-refractivity contribution in [2.24, 2.45) is 0 Å². The summed E-state index contributed by atoms with van der Waals surface area (Å²) >= 11 is 1.47. The monoisotopic (exact) mass is 311 g/mol. The molecule has 2 aromatic rings. The molecule has 2 aromatic heterocycles. The largest absolute Gasteiger partial charge is 0.363 e. The molecule has 7 heteroatoms. The average molecular weight is 311 g/mol. The molecule has 0 aliphatic carbocycles. The van der Waals surface area contributed by atoms with E-state index in [2.05, 4.69) is 9.71 Å². The second-order valence-electron chi connectivity index (χ2n) is 4.66. The molecule has 0 saturated carbocycles. The van der Waals surface area contributed by atoms with E-state index in [9.17, 15) is 8.42 Å². The van der Waals surface area contributed by atoms with Crippen molar-refractivity contribution in [1.82, 2.24) is 4.98 Å². The first-order chi connectivity index (χ1) is 9.29. The van der Waals surface area contributed by atoms with Gasteiger partial charge in [-0.3, -0.25) is 4.72 Å². The SMILES string of the molecule is Cc1cc(S(=O)(=O)Nc2cccc(N(C)C)n2)c(C)s1. The van der Waals surface area contributed by atoms with Gasteiger partial charge in [0.2, 0.25) is 0 Å². The fourth-order valence-electron chi connectivity index (χ4n) is 1.80. The lowest BCUT2D eigenvalue weighted by atomic mass is 10.4. The van der Waals surface area contributed by atoms with Crippen LogP contribution in [0, 0.1) is 13.8 Å². The summed E-state index contributed by atoms with van der Waals surface area (Å²) in [4.78, 5) is 8.14. The highest BCUT2D eigenvalue weighted by molar-refractivity contribution is 7.93. The van der Waals surface area contributed by atoms with Crippen LogP contribution < -0.4 is 9.62 Å².